The summed E-state index contributed by atoms with van der Waals surface area (Å²) in [5, 5.41) is 4.96. The monoisotopic (exact) mass is 249 g/mol. The summed E-state index contributed by atoms with van der Waals surface area (Å²) in [5.74, 6) is 0.546. The smallest absolute Gasteiger partial charge is 0.227 e. The number of nitrogens with two attached hydrogens (primary N) is 1. The zero-order valence-corrected chi connectivity index (χ0v) is 11.1. The van der Waals surface area contributed by atoms with Gasteiger partial charge in [-0.15, -0.1) is 0 Å². The molecule has 6 heteroatoms. The second-order valence-corrected chi connectivity index (χ2v) is 4.54. The van der Waals surface area contributed by atoms with E-state index in [-0.39, 0.29) is 5.54 Å². The standard InChI is InChI=1S/C12H19N5O/c1-4-12(13,5-2)7-18-11-9-6-16-17(3)10(9)14-8-15-11/h6,8H,4-5,7,13H2,1-3H3. The normalized spacial score (nSPS) is 12.0. The fraction of sp³-hybridized carbons (Fsp3) is 0.583. The summed E-state index contributed by atoms with van der Waals surface area (Å²) in [5.41, 5.74) is 6.66. The lowest BCUT2D eigenvalue weighted by Gasteiger charge is -2.26. The van der Waals surface area contributed by atoms with Crippen molar-refractivity contribution in [3.63, 3.8) is 0 Å². The highest BCUT2D eigenvalue weighted by Crippen LogP contribution is 2.22. The molecule has 0 radical (unpaired) electrons. The van der Waals surface area contributed by atoms with Crippen LogP contribution >= 0.6 is 0 Å². The van der Waals surface area contributed by atoms with Gasteiger partial charge in [-0.05, 0) is 12.8 Å². The van der Waals surface area contributed by atoms with Gasteiger partial charge >= 0.3 is 0 Å². The molecule has 98 valence electrons. The van der Waals surface area contributed by atoms with Crippen molar-refractivity contribution in [1.82, 2.24) is 19.7 Å². The van der Waals surface area contributed by atoms with E-state index in [1.807, 2.05) is 7.05 Å². The van der Waals surface area contributed by atoms with E-state index in [1.165, 1.54) is 6.33 Å². The minimum absolute atomic E-state index is 0.306. The number of ether oxygens (including phenoxy) is 1. The lowest BCUT2D eigenvalue weighted by molar-refractivity contribution is 0.203. The Labute approximate surface area is 106 Å². The van der Waals surface area contributed by atoms with Crippen molar-refractivity contribution < 1.29 is 4.74 Å². The van der Waals surface area contributed by atoms with Crippen LogP contribution in [0.1, 0.15) is 26.7 Å². The zero-order chi connectivity index (χ0) is 13.2. The number of aryl methyl sites for hydroxylation is 1. The molecule has 2 heterocycles. The molecule has 2 aromatic rings. The first-order valence-corrected chi connectivity index (χ1v) is 6.14. The molecule has 0 saturated carbocycles. The average Bonchev–Trinajstić information content (AvgIpc) is 2.78. The quantitative estimate of drug-likeness (QED) is 0.863. The highest BCUT2D eigenvalue weighted by Gasteiger charge is 2.22. The maximum Gasteiger partial charge on any atom is 0.227 e. The molecule has 2 aromatic heterocycles. The van der Waals surface area contributed by atoms with Gasteiger partial charge in [0, 0.05) is 12.6 Å². The first-order chi connectivity index (χ1) is 8.59. The molecule has 0 bridgehead atoms. The highest BCUT2D eigenvalue weighted by molar-refractivity contribution is 5.79. The van der Waals surface area contributed by atoms with Crippen LogP contribution in [-0.4, -0.2) is 31.9 Å². The minimum atomic E-state index is -0.306. The van der Waals surface area contributed by atoms with Crippen molar-refractivity contribution in [3.05, 3.63) is 12.5 Å². The average molecular weight is 249 g/mol. The van der Waals surface area contributed by atoms with E-state index in [0.29, 0.717) is 12.5 Å². The fourth-order valence-corrected chi connectivity index (χ4v) is 1.72. The molecule has 0 aromatic carbocycles. The molecule has 0 saturated heterocycles. The van der Waals surface area contributed by atoms with Crippen molar-refractivity contribution in [2.24, 2.45) is 12.8 Å². The highest BCUT2D eigenvalue weighted by atomic mass is 16.5. The zero-order valence-electron chi connectivity index (χ0n) is 11.1. The van der Waals surface area contributed by atoms with Gasteiger partial charge in [-0.3, -0.25) is 4.68 Å². The molecule has 0 aliphatic rings. The lowest BCUT2D eigenvalue weighted by Crippen LogP contribution is -2.44. The molecular formula is C12H19N5O. The van der Waals surface area contributed by atoms with Gasteiger partial charge in [0.25, 0.3) is 0 Å². The molecular weight excluding hydrogens is 230 g/mol. The van der Waals surface area contributed by atoms with Crippen molar-refractivity contribution >= 4 is 11.0 Å². The summed E-state index contributed by atoms with van der Waals surface area (Å²) in [6.07, 6.45) is 4.92. The Morgan fingerprint density at radius 3 is 2.72 bits per heavy atom. The Kier molecular flexibility index (Phi) is 3.47. The van der Waals surface area contributed by atoms with E-state index in [9.17, 15) is 0 Å². The summed E-state index contributed by atoms with van der Waals surface area (Å²) < 4.78 is 7.44. The van der Waals surface area contributed by atoms with Crippen LogP contribution in [0, 0.1) is 0 Å². The summed E-state index contributed by atoms with van der Waals surface area (Å²) in [6, 6.07) is 0. The van der Waals surface area contributed by atoms with Crippen LogP contribution in [0.3, 0.4) is 0 Å². The predicted octanol–water partition coefficient (Wildman–Crippen LogP) is 1.26. The van der Waals surface area contributed by atoms with Crippen molar-refractivity contribution in [2.75, 3.05) is 6.61 Å². The third-order valence-electron chi connectivity index (χ3n) is 3.40. The van der Waals surface area contributed by atoms with Gasteiger partial charge in [-0.2, -0.15) is 5.10 Å². The topological polar surface area (TPSA) is 78.8 Å². The van der Waals surface area contributed by atoms with Crippen molar-refractivity contribution in [1.29, 1.82) is 0 Å². The number of hydrogen-bond donors (Lipinski definition) is 1. The SMILES string of the molecule is CCC(N)(CC)COc1ncnc2c1cnn2C. The van der Waals surface area contributed by atoms with Crippen LogP contribution in [0.15, 0.2) is 12.5 Å². The molecule has 0 aliphatic carbocycles. The maximum absolute atomic E-state index is 6.20. The predicted molar refractivity (Wildman–Crippen MR) is 69.3 cm³/mol. The first-order valence-electron chi connectivity index (χ1n) is 6.14. The number of rotatable bonds is 5. The third-order valence-corrected chi connectivity index (χ3v) is 3.40. The van der Waals surface area contributed by atoms with E-state index in [2.05, 4.69) is 28.9 Å². The lowest BCUT2D eigenvalue weighted by atomic mass is 9.96. The van der Waals surface area contributed by atoms with E-state index in [0.717, 1.165) is 23.9 Å². The van der Waals surface area contributed by atoms with E-state index >= 15 is 0 Å². The Balaban J connectivity index is 2.22. The van der Waals surface area contributed by atoms with E-state index in [4.69, 9.17) is 10.5 Å². The largest absolute Gasteiger partial charge is 0.475 e. The molecule has 0 spiro atoms. The second-order valence-electron chi connectivity index (χ2n) is 4.54. The second kappa shape index (κ2) is 4.89. The van der Waals surface area contributed by atoms with Gasteiger partial charge in [0.15, 0.2) is 5.65 Å². The van der Waals surface area contributed by atoms with E-state index < -0.39 is 0 Å². The van der Waals surface area contributed by atoms with Crippen molar-refractivity contribution in [3.8, 4) is 5.88 Å². The van der Waals surface area contributed by atoms with E-state index in [1.54, 1.807) is 10.9 Å². The molecule has 2 rings (SSSR count). The van der Waals surface area contributed by atoms with Gasteiger partial charge in [0.05, 0.1) is 6.20 Å². The summed E-state index contributed by atoms with van der Waals surface area (Å²) in [4.78, 5) is 8.31. The van der Waals surface area contributed by atoms with Gasteiger partial charge < -0.3 is 10.5 Å². The number of fused-ring (bicyclic) bond motifs is 1. The summed E-state index contributed by atoms with van der Waals surface area (Å²) >= 11 is 0. The van der Waals surface area contributed by atoms with Gasteiger partial charge in [-0.1, -0.05) is 13.8 Å². The van der Waals surface area contributed by atoms with Gasteiger partial charge in [0.2, 0.25) is 5.88 Å². The summed E-state index contributed by atoms with van der Waals surface area (Å²) in [7, 11) is 1.84. The summed E-state index contributed by atoms with van der Waals surface area (Å²) in [6.45, 7) is 4.57. The van der Waals surface area contributed by atoms with Crippen LogP contribution in [0.5, 0.6) is 5.88 Å². The maximum atomic E-state index is 6.20. The molecule has 0 aliphatic heterocycles. The molecule has 2 N–H and O–H groups in total. The molecule has 6 nitrogen and oxygen atoms in total. The van der Waals surface area contributed by atoms with Crippen LogP contribution in [0.25, 0.3) is 11.0 Å². The number of aromatic nitrogens is 4. The van der Waals surface area contributed by atoms with Crippen molar-refractivity contribution in [2.45, 2.75) is 32.2 Å². The molecule has 0 fully saturated rings. The van der Waals surface area contributed by atoms with Crippen LogP contribution in [0.4, 0.5) is 0 Å². The van der Waals surface area contributed by atoms with Crippen LogP contribution in [-0.2, 0) is 7.05 Å². The number of hydrogen-bond acceptors (Lipinski definition) is 5. The van der Waals surface area contributed by atoms with Crippen LogP contribution < -0.4 is 10.5 Å². The van der Waals surface area contributed by atoms with Crippen LogP contribution in [0.2, 0.25) is 0 Å². The Morgan fingerprint density at radius 2 is 2.06 bits per heavy atom. The Hall–Kier alpha value is -1.69. The third kappa shape index (κ3) is 2.28. The molecule has 0 unspecified atom stereocenters. The molecule has 18 heavy (non-hydrogen) atoms. The fourth-order valence-electron chi connectivity index (χ4n) is 1.72. The minimum Gasteiger partial charge on any atom is -0.475 e. The molecule has 0 atom stereocenters. The first kappa shape index (κ1) is 12.8. The van der Waals surface area contributed by atoms with Gasteiger partial charge in [-0.25, -0.2) is 9.97 Å². The van der Waals surface area contributed by atoms with Gasteiger partial charge in [0.1, 0.15) is 18.3 Å². The Morgan fingerprint density at radius 1 is 1.33 bits per heavy atom. The number of nitrogens with zero attached hydrogens (tertiary/aromatic N) is 4. The molecule has 0 amide bonds. The Bertz CT molecular complexity index is 532.